The predicted octanol–water partition coefficient (Wildman–Crippen LogP) is 4.14. The van der Waals surface area contributed by atoms with E-state index in [1.807, 2.05) is 38.1 Å². The van der Waals surface area contributed by atoms with Crippen molar-refractivity contribution >= 4 is 24.3 Å². The van der Waals surface area contributed by atoms with Gasteiger partial charge < -0.3 is 15.2 Å². The monoisotopic (exact) mass is 360 g/mol. The van der Waals surface area contributed by atoms with Gasteiger partial charge in [0.2, 0.25) is 0 Å². The molecule has 2 aromatic carbocycles. The van der Waals surface area contributed by atoms with E-state index in [-0.39, 0.29) is 11.5 Å². The van der Waals surface area contributed by atoms with Crippen LogP contribution in [0, 0.1) is 13.8 Å². The maximum Gasteiger partial charge on any atom is 0.345 e. The van der Waals surface area contributed by atoms with E-state index in [0.717, 1.165) is 11.1 Å². The van der Waals surface area contributed by atoms with E-state index in [2.05, 4.69) is 9.97 Å². The third kappa shape index (κ3) is 4.33. The molecule has 1 aromatic heterocycles. The average Bonchev–Trinajstić information content (AvgIpc) is 2.64. The van der Waals surface area contributed by atoms with E-state index in [9.17, 15) is 15.0 Å². The van der Waals surface area contributed by atoms with Crippen LogP contribution in [-0.4, -0.2) is 20.2 Å². The third-order valence-corrected chi connectivity index (χ3v) is 4.20. The standard InChI is InChI=1S/C22H20N2O3/c1-14-5-3-7-16(20(14)25)9-11-18-13-19(24-22(27)23-18)12-10-17-8-4-6-15(2)21(17)26/h3-13,25-26H,1-2H3,(H,23,24,27)/b11-9+,12-10+. The number of phenolic OH excluding ortho intramolecular Hbond substituents is 2. The number of aryl methyl sites for hydroxylation is 2. The number of phenols is 2. The fraction of sp³-hybridized carbons (Fsp3) is 0.0909. The molecule has 0 fully saturated rings. The summed E-state index contributed by atoms with van der Waals surface area (Å²) in [4.78, 5) is 18.4. The van der Waals surface area contributed by atoms with E-state index in [0.29, 0.717) is 22.5 Å². The highest BCUT2D eigenvalue weighted by Gasteiger charge is 2.02. The van der Waals surface area contributed by atoms with Crippen molar-refractivity contribution in [2.45, 2.75) is 13.8 Å². The minimum Gasteiger partial charge on any atom is -0.507 e. The molecule has 136 valence electrons. The van der Waals surface area contributed by atoms with Crippen LogP contribution >= 0.6 is 0 Å². The van der Waals surface area contributed by atoms with Gasteiger partial charge in [-0.2, -0.15) is 4.98 Å². The van der Waals surface area contributed by atoms with Crippen LogP contribution in [-0.2, 0) is 0 Å². The zero-order valence-electron chi connectivity index (χ0n) is 15.1. The topological polar surface area (TPSA) is 86.2 Å². The summed E-state index contributed by atoms with van der Waals surface area (Å²) in [6.45, 7) is 3.65. The number of H-pyrrole nitrogens is 1. The Morgan fingerprint density at radius 1 is 0.852 bits per heavy atom. The first-order valence-electron chi connectivity index (χ1n) is 8.49. The lowest BCUT2D eigenvalue weighted by atomic mass is 10.1. The minimum atomic E-state index is -0.473. The summed E-state index contributed by atoms with van der Waals surface area (Å²) in [6.07, 6.45) is 6.82. The fourth-order valence-corrected chi connectivity index (χ4v) is 2.66. The van der Waals surface area contributed by atoms with Crippen molar-refractivity contribution in [3.05, 3.63) is 86.6 Å². The summed E-state index contributed by atoms with van der Waals surface area (Å²) in [5.41, 5.74) is 3.42. The first-order valence-corrected chi connectivity index (χ1v) is 8.49. The fourth-order valence-electron chi connectivity index (χ4n) is 2.66. The number of benzene rings is 2. The summed E-state index contributed by atoms with van der Waals surface area (Å²) in [5, 5.41) is 20.1. The lowest BCUT2D eigenvalue weighted by molar-refractivity contribution is 0.469. The van der Waals surface area contributed by atoms with E-state index in [1.165, 1.54) is 0 Å². The first kappa shape index (κ1) is 18.2. The molecular formula is C22H20N2O3. The molecular weight excluding hydrogens is 340 g/mol. The van der Waals surface area contributed by atoms with Gasteiger partial charge in [-0.3, -0.25) is 0 Å². The molecule has 0 saturated heterocycles. The lowest BCUT2D eigenvalue weighted by Crippen LogP contribution is -2.12. The number of aromatic nitrogens is 2. The van der Waals surface area contributed by atoms with Gasteiger partial charge in [-0.1, -0.05) is 36.4 Å². The molecule has 0 saturated carbocycles. The van der Waals surface area contributed by atoms with Crippen LogP contribution in [0.15, 0.2) is 47.3 Å². The molecule has 3 aromatic rings. The Bertz CT molecular complexity index is 1010. The van der Waals surface area contributed by atoms with Crippen LogP contribution < -0.4 is 5.69 Å². The van der Waals surface area contributed by atoms with Crippen molar-refractivity contribution in [3.8, 4) is 11.5 Å². The summed E-state index contributed by atoms with van der Waals surface area (Å²) >= 11 is 0. The number of aromatic hydroxyl groups is 2. The Labute approximate surface area is 157 Å². The molecule has 5 nitrogen and oxygen atoms in total. The third-order valence-electron chi connectivity index (χ3n) is 4.20. The van der Waals surface area contributed by atoms with Gasteiger partial charge in [0.15, 0.2) is 0 Å². The predicted molar refractivity (Wildman–Crippen MR) is 108 cm³/mol. The van der Waals surface area contributed by atoms with Gasteiger partial charge in [0, 0.05) is 16.8 Å². The van der Waals surface area contributed by atoms with Gasteiger partial charge in [0.1, 0.15) is 11.5 Å². The van der Waals surface area contributed by atoms with Gasteiger partial charge in [0.25, 0.3) is 0 Å². The molecule has 0 radical (unpaired) electrons. The Kier molecular flexibility index (Phi) is 5.22. The molecule has 0 aliphatic rings. The number of hydrogen-bond donors (Lipinski definition) is 3. The second kappa shape index (κ2) is 7.74. The SMILES string of the molecule is Cc1cccc(/C=C/c2cc(/C=C/c3cccc(C)c3O)[nH]c(=O)n2)c1O. The van der Waals surface area contributed by atoms with Gasteiger partial charge in [-0.15, -0.1) is 0 Å². The van der Waals surface area contributed by atoms with Crippen molar-refractivity contribution in [2.75, 3.05) is 0 Å². The summed E-state index contributed by atoms with van der Waals surface area (Å²) in [7, 11) is 0. The van der Waals surface area contributed by atoms with Crippen molar-refractivity contribution in [3.63, 3.8) is 0 Å². The second-order valence-electron chi connectivity index (χ2n) is 6.26. The average molecular weight is 360 g/mol. The molecule has 0 spiro atoms. The van der Waals surface area contributed by atoms with Crippen molar-refractivity contribution in [2.24, 2.45) is 0 Å². The van der Waals surface area contributed by atoms with Gasteiger partial charge in [-0.05, 0) is 55.3 Å². The molecule has 0 amide bonds. The Balaban J connectivity index is 1.89. The van der Waals surface area contributed by atoms with Crippen LogP contribution in [0.4, 0.5) is 0 Å². The first-order chi connectivity index (χ1) is 12.9. The number of nitrogens with zero attached hydrogens (tertiary/aromatic N) is 1. The lowest BCUT2D eigenvalue weighted by Gasteiger charge is -2.03. The molecule has 3 rings (SSSR count). The highest BCUT2D eigenvalue weighted by Crippen LogP contribution is 2.24. The largest absolute Gasteiger partial charge is 0.507 e. The summed E-state index contributed by atoms with van der Waals surface area (Å²) in [5.74, 6) is 0.411. The van der Waals surface area contributed by atoms with E-state index >= 15 is 0 Å². The molecule has 1 heterocycles. The van der Waals surface area contributed by atoms with E-state index < -0.39 is 5.69 Å². The van der Waals surface area contributed by atoms with Crippen molar-refractivity contribution in [1.82, 2.24) is 9.97 Å². The van der Waals surface area contributed by atoms with Gasteiger partial charge >= 0.3 is 5.69 Å². The van der Waals surface area contributed by atoms with Crippen LogP contribution in [0.1, 0.15) is 33.6 Å². The molecule has 0 aliphatic carbocycles. The highest BCUT2D eigenvalue weighted by molar-refractivity contribution is 5.75. The quantitative estimate of drug-likeness (QED) is 0.653. The zero-order chi connectivity index (χ0) is 19.4. The smallest absolute Gasteiger partial charge is 0.345 e. The molecule has 0 unspecified atom stereocenters. The zero-order valence-corrected chi connectivity index (χ0v) is 15.1. The van der Waals surface area contributed by atoms with Crippen molar-refractivity contribution < 1.29 is 10.2 Å². The molecule has 27 heavy (non-hydrogen) atoms. The number of para-hydroxylation sites is 2. The number of hydrogen-bond acceptors (Lipinski definition) is 4. The van der Waals surface area contributed by atoms with Crippen molar-refractivity contribution in [1.29, 1.82) is 0 Å². The maximum atomic E-state index is 11.8. The van der Waals surface area contributed by atoms with Crippen LogP contribution in [0.25, 0.3) is 24.3 Å². The van der Waals surface area contributed by atoms with E-state index in [1.54, 1.807) is 42.5 Å². The Morgan fingerprint density at radius 3 is 2.00 bits per heavy atom. The van der Waals surface area contributed by atoms with E-state index in [4.69, 9.17) is 0 Å². The second-order valence-corrected chi connectivity index (χ2v) is 6.26. The normalized spacial score (nSPS) is 11.5. The number of aromatic amines is 1. The minimum absolute atomic E-state index is 0.202. The van der Waals surface area contributed by atoms with Crippen LogP contribution in [0.5, 0.6) is 11.5 Å². The number of nitrogens with one attached hydrogen (secondary N) is 1. The van der Waals surface area contributed by atoms with Crippen LogP contribution in [0.3, 0.4) is 0 Å². The molecule has 0 aliphatic heterocycles. The molecule has 0 bridgehead atoms. The summed E-state index contributed by atoms with van der Waals surface area (Å²) < 4.78 is 0. The molecule has 0 atom stereocenters. The van der Waals surface area contributed by atoms with Crippen LogP contribution in [0.2, 0.25) is 0 Å². The molecule has 3 N–H and O–H groups in total. The van der Waals surface area contributed by atoms with Gasteiger partial charge in [-0.25, -0.2) is 4.79 Å². The highest BCUT2D eigenvalue weighted by atomic mass is 16.3. The molecule has 5 heteroatoms. The maximum absolute atomic E-state index is 11.8. The Hall–Kier alpha value is -3.60. The van der Waals surface area contributed by atoms with Gasteiger partial charge in [0.05, 0.1) is 5.69 Å². The Morgan fingerprint density at radius 2 is 1.41 bits per heavy atom. The number of rotatable bonds is 4. The summed E-state index contributed by atoms with van der Waals surface area (Å²) in [6, 6.07) is 12.6.